The Labute approximate surface area is 128 Å². The maximum absolute atomic E-state index is 12.5. The largest absolute Gasteiger partial charge is 0.383 e. The number of hydrogen-bond acceptors (Lipinski definition) is 4. The van der Waals surface area contributed by atoms with Crippen LogP contribution in [0.4, 0.5) is 5.82 Å². The molecular formula is C14H21BrN4O. The van der Waals surface area contributed by atoms with Gasteiger partial charge in [0.1, 0.15) is 5.82 Å². The average Bonchev–Trinajstić information content (AvgIpc) is 2.87. The Morgan fingerprint density at radius 3 is 3.10 bits per heavy atom. The van der Waals surface area contributed by atoms with Gasteiger partial charge in [0.2, 0.25) is 0 Å². The van der Waals surface area contributed by atoms with Crippen molar-refractivity contribution in [1.82, 2.24) is 14.8 Å². The zero-order valence-corrected chi connectivity index (χ0v) is 13.6. The van der Waals surface area contributed by atoms with E-state index in [4.69, 9.17) is 5.73 Å². The van der Waals surface area contributed by atoms with Gasteiger partial charge in [0.05, 0.1) is 5.56 Å². The van der Waals surface area contributed by atoms with Crippen molar-refractivity contribution in [2.24, 2.45) is 0 Å². The van der Waals surface area contributed by atoms with Gasteiger partial charge in [-0.05, 0) is 47.9 Å². The number of aromatic nitrogens is 1. The summed E-state index contributed by atoms with van der Waals surface area (Å²) in [5.74, 6) is 0.211. The van der Waals surface area contributed by atoms with E-state index < -0.39 is 0 Å². The van der Waals surface area contributed by atoms with E-state index in [9.17, 15) is 4.79 Å². The summed E-state index contributed by atoms with van der Waals surface area (Å²) >= 11 is 3.33. The van der Waals surface area contributed by atoms with Crippen LogP contribution in [0.2, 0.25) is 0 Å². The number of pyridine rings is 1. The van der Waals surface area contributed by atoms with Gasteiger partial charge in [0.25, 0.3) is 5.91 Å². The maximum Gasteiger partial charge on any atom is 0.257 e. The molecule has 1 unspecified atom stereocenters. The molecule has 1 aromatic rings. The highest BCUT2D eigenvalue weighted by molar-refractivity contribution is 9.10. The molecular weight excluding hydrogens is 320 g/mol. The predicted octanol–water partition coefficient (Wildman–Crippen LogP) is 1.98. The molecule has 0 saturated carbocycles. The number of amides is 1. The molecule has 6 heteroatoms. The van der Waals surface area contributed by atoms with Crippen LogP contribution in [0.15, 0.2) is 16.7 Å². The molecule has 1 aromatic heterocycles. The third-order valence-electron chi connectivity index (χ3n) is 3.85. The second-order valence-corrected chi connectivity index (χ2v) is 6.11. The fourth-order valence-electron chi connectivity index (χ4n) is 2.74. The number of likely N-dealkylation sites (tertiary alicyclic amines) is 1. The molecule has 0 radical (unpaired) electrons. The summed E-state index contributed by atoms with van der Waals surface area (Å²) in [6.45, 7) is 5.06. The molecule has 1 saturated heterocycles. The van der Waals surface area contributed by atoms with Crippen molar-refractivity contribution in [2.45, 2.75) is 25.8 Å². The van der Waals surface area contributed by atoms with Gasteiger partial charge in [-0.25, -0.2) is 4.98 Å². The van der Waals surface area contributed by atoms with Crippen molar-refractivity contribution in [1.29, 1.82) is 0 Å². The first-order valence-corrected chi connectivity index (χ1v) is 7.72. The summed E-state index contributed by atoms with van der Waals surface area (Å²) in [6.07, 6.45) is 3.96. The highest BCUT2D eigenvalue weighted by Gasteiger charge is 2.26. The minimum absolute atomic E-state index is 0.0701. The first kappa shape index (κ1) is 15.3. The van der Waals surface area contributed by atoms with Crippen molar-refractivity contribution in [3.05, 3.63) is 22.3 Å². The molecule has 1 aliphatic rings. The number of carbonyl (C=O) groups is 1. The first-order valence-electron chi connectivity index (χ1n) is 6.93. The van der Waals surface area contributed by atoms with E-state index in [0.29, 0.717) is 11.6 Å². The molecule has 110 valence electrons. The lowest BCUT2D eigenvalue weighted by Gasteiger charge is -2.28. The molecule has 1 amide bonds. The van der Waals surface area contributed by atoms with Crippen LogP contribution < -0.4 is 5.73 Å². The Morgan fingerprint density at radius 2 is 2.40 bits per heavy atom. The first-order chi connectivity index (χ1) is 9.52. The average molecular weight is 341 g/mol. The van der Waals surface area contributed by atoms with Crippen LogP contribution in [-0.4, -0.2) is 53.4 Å². The van der Waals surface area contributed by atoms with E-state index >= 15 is 0 Å². The second kappa shape index (κ2) is 6.54. The smallest absolute Gasteiger partial charge is 0.257 e. The van der Waals surface area contributed by atoms with E-state index in [-0.39, 0.29) is 11.7 Å². The lowest BCUT2D eigenvalue weighted by molar-refractivity contribution is 0.0755. The topological polar surface area (TPSA) is 62.5 Å². The van der Waals surface area contributed by atoms with Gasteiger partial charge in [-0.1, -0.05) is 6.92 Å². The number of hydrogen-bond donors (Lipinski definition) is 1. The van der Waals surface area contributed by atoms with Crippen molar-refractivity contribution in [3.8, 4) is 0 Å². The molecule has 2 N–H and O–H groups in total. The maximum atomic E-state index is 12.5. The van der Waals surface area contributed by atoms with E-state index in [1.54, 1.807) is 17.2 Å². The summed E-state index contributed by atoms with van der Waals surface area (Å²) in [7, 11) is 1.83. The van der Waals surface area contributed by atoms with E-state index in [1.807, 2.05) is 7.05 Å². The van der Waals surface area contributed by atoms with Gasteiger partial charge in [0.15, 0.2) is 0 Å². The Bertz CT molecular complexity index is 494. The van der Waals surface area contributed by atoms with E-state index in [1.165, 1.54) is 6.42 Å². The third-order valence-corrected chi connectivity index (χ3v) is 4.29. The van der Waals surface area contributed by atoms with Gasteiger partial charge in [-0.15, -0.1) is 0 Å². The highest BCUT2D eigenvalue weighted by atomic mass is 79.9. The molecule has 5 nitrogen and oxygen atoms in total. The fraction of sp³-hybridized carbons (Fsp3) is 0.571. The lowest BCUT2D eigenvalue weighted by Crippen LogP contribution is -2.41. The number of halogens is 1. The van der Waals surface area contributed by atoms with Crippen LogP contribution in [0.3, 0.4) is 0 Å². The van der Waals surface area contributed by atoms with Gasteiger partial charge in [0, 0.05) is 30.3 Å². The normalized spacial score (nSPS) is 19.2. The quantitative estimate of drug-likeness (QED) is 0.910. The molecule has 20 heavy (non-hydrogen) atoms. The molecule has 1 aliphatic heterocycles. The number of nitrogens with zero attached hydrogens (tertiary/aromatic N) is 3. The van der Waals surface area contributed by atoms with E-state index in [0.717, 1.165) is 30.5 Å². The highest BCUT2D eigenvalue weighted by Crippen LogP contribution is 2.20. The minimum atomic E-state index is -0.0701. The van der Waals surface area contributed by atoms with Crippen molar-refractivity contribution in [3.63, 3.8) is 0 Å². The Kier molecular flexibility index (Phi) is 4.99. The Morgan fingerprint density at radius 1 is 1.65 bits per heavy atom. The predicted molar refractivity (Wildman–Crippen MR) is 83.6 cm³/mol. The van der Waals surface area contributed by atoms with Gasteiger partial charge in [-0.2, -0.15) is 0 Å². The van der Waals surface area contributed by atoms with E-state index in [2.05, 4.69) is 32.7 Å². The number of rotatable bonds is 4. The third kappa shape index (κ3) is 3.30. The van der Waals surface area contributed by atoms with Crippen LogP contribution in [-0.2, 0) is 0 Å². The monoisotopic (exact) mass is 340 g/mol. The summed E-state index contributed by atoms with van der Waals surface area (Å²) in [6, 6.07) is 2.18. The summed E-state index contributed by atoms with van der Waals surface area (Å²) in [5.41, 5.74) is 6.26. The SMILES string of the molecule is CCN1CCCC1CN(C)C(=O)c1cc(Br)cnc1N. The zero-order valence-electron chi connectivity index (χ0n) is 12.0. The number of carbonyl (C=O) groups excluding carboxylic acids is 1. The Hall–Kier alpha value is -1.14. The zero-order chi connectivity index (χ0) is 14.7. The number of likely N-dealkylation sites (N-methyl/N-ethyl adjacent to an activating group) is 2. The van der Waals surface area contributed by atoms with Crippen LogP contribution in [0.5, 0.6) is 0 Å². The van der Waals surface area contributed by atoms with Crippen LogP contribution >= 0.6 is 15.9 Å². The molecule has 0 spiro atoms. The van der Waals surface area contributed by atoms with Crippen LogP contribution in [0.1, 0.15) is 30.1 Å². The summed E-state index contributed by atoms with van der Waals surface area (Å²) in [5, 5.41) is 0. The van der Waals surface area contributed by atoms with Gasteiger partial charge < -0.3 is 10.6 Å². The lowest BCUT2D eigenvalue weighted by atomic mass is 10.2. The molecule has 1 atom stereocenters. The number of nitrogens with two attached hydrogens (primary N) is 1. The van der Waals surface area contributed by atoms with Gasteiger partial charge >= 0.3 is 0 Å². The molecule has 2 heterocycles. The summed E-state index contributed by atoms with van der Waals surface area (Å²) in [4.78, 5) is 20.7. The van der Waals surface area contributed by atoms with Gasteiger partial charge in [-0.3, -0.25) is 9.69 Å². The molecule has 0 bridgehead atoms. The molecule has 0 aromatic carbocycles. The number of anilines is 1. The van der Waals surface area contributed by atoms with Crippen LogP contribution in [0.25, 0.3) is 0 Å². The Balaban J connectivity index is 2.07. The summed E-state index contributed by atoms with van der Waals surface area (Å²) < 4.78 is 0.763. The van der Waals surface area contributed by atoms with Crippen molar-refractivity contribution < 1.29 is 4.79 Å². The second-order valence-electron chi connectivity index (χ2n) is 5.20. The molecule has 1 fully saturated rings. The molecule has 0 aliphatic carbocycles. The van der Waals surface area contributed by atoms with Crippen LogP contribution in [0, 0.1) is 0 Å². The standard InChI is InChI=1S/C14H21BrN4O/c1-3-19-6-4-5-11(19)9-18(2)14(20)12-7-10(15)8-17-13(12)16/h7-8,11H,3-6,9H2,1-2H3,(H2,16,17). The van der Waals surface area contributed by atoms with Crippen molar-refractivity contribution >= 4 is 27.7 Å². The fourth-order valence-corrected chi connectivity index (χ4v) is 3.08. The number of nitrogen functional groups attached to an aromatic ring is 1. The van der Waals surface area contributed by atoms with Crippen molar-refractivity contribution in [2.75, 3.05) is 32.4 Å². The minimum Gasteiger partial charge on any atom is -0.383 e. The molecule has 2 rings (SSSR count).